The summed E-state index contributed by atoms with van der Waals surface area (Å²) in [4.78, 5) is 2.71. The van der Waals surface area contributed by atoms with E-state index >= 15 is 0 Å². The van der Waals surface area contributed by atoms with E-state index in [1.54, 1.807) is 0 Å². The fourth-order valence-electron chi connectivity index (χ4n) is 4.01. The molecule has 2 rings (SSSR count). The van der Waals surface area contributed by atoms with Crippen molar-refractivity contribution in [3.05, 3.63) is 0 Å². The van der Waals surface area contributed by atoms with Gasteiger partial charge in [-0.2, -0.15) is 0 Å². The first-order valence-corrected chi connectivity index (χ1v) is 9.12. The van der Waals surface area contributed by atoms with Gasteiger partial charge in [-0.25, -0.2) is 0 Å². The third-order valence-corrected chi connectivity index (χ3v) is 5.55. The average molecular weight is 296 g/mol. The second kappa shape index (κ2) is 8.50. The lowest BCUT2D eigenvalue weighted by atomic mass is 9.73. The van der Waals surface area contributed by atoms with Crippen molar-refractivity contribution in [1.82, 2.24) is 10.2 Å². The smallest absolute Gasteiger partial charge is 0.0589 e. The van der Waals surface area contributed by atoms with Gasteiger partial charge in [0.1, 0.15) is 0 Å². The summed E-state index contributed by atoms with van der Waals surface area (Å²) >= 11 is 0. The van der Waals surface area contributed by atoms with E-state index in [-0.39, 0.29) is 0 Å². The molecule has 0 saturated heterocycles. The molecule has 2 fully saturated rings. The number of nitrogens with one attached hydrogen (secondary N) is 1. The number of hydrogen-bond acceptors (Lipinski definition) is 3. The topological polar surface area (TPSA) is 24.5 Å². The Morgan fingerprint density at radius 1 is 1.19 bits per heavy atom. The van der Waals surface area contributed by atoms with Gasteiger partial charge in [-0.3, -0.25) is 4.90 Å². The minimum atomic E-state index is 0.730. The zero-order valence-electron chi connectivity index (χ0n) is 14.6. The van der Waals surface area contributed by atoms with Crippen molar-refractivity contribution in [2.45, 2.75) is 65.0 Å². The molecule has 3 unspecified atom stereocenters. The quantitative estimate of drug-likeness (QED) is 0.707. The van der Waals surface area contributed by atoms with E-state index < -0.39 is 0 Å². The summed E-state index contributed by atoms with van der Waals surface area (Å²) in [6.07, 6.45) is 6.98. The molecule has 0 aromatic carbocycles. The van der Waals surface area contributed by atoms with Crippen molar-refractivity contribution in [3.8, 4) is 0 Å². The zero-order valence-corrected chi connectivity index (χ0v) is 14.6. The van der Waals surface area contributed by atoms with Gasteiger partial charge in [-0.05, 0) is 56.4 Å². The molecule has 3 heteroatoms. The van der Waals surface area contributed by atoms with E-state index in [0.29, 0.717) is 0 Å². The van der Waals surface area contributed by atoms with E-state index in [4.69, 9.17) is 4.74 Å². The van der Waals surface area contributed by atoms with Crippen molar-refractivity contribution in [3.63, 3.8) is 0 Å². The zero-order chi connectivity index (χ0) is 15.2. The van der Waals surface area contributed by atoms with Crippen LogP contribution < -0.4 is 5.32 Å². The molecule has 3 nitrogen and oxygen atoms in total. The number of rotatable bonds is 9. The lowest BCUT2D eigenvalue weighted by molar-refractivity contribution is 0.0937. The largest absolute Gasteiger partial charge is 0.383 e. The molecule has 0 bridgehead atoms. The van der Waals surface area contributed by atoms with Crippen LogP contribution in [0.2, 0.25) is 0 Å². The first-order valence-electron chi connectivity index (χ1n) is 9.12. The molecule has 3 atom stereocenters. The standard InChI is InChI=1S/C18H36N2O/c1-5-19-18-9-6-15(14(2)3)12-16(18)13-20(10-11-21-4)17-7-8-17/h14-19H,5-13H2,1-4H3. The van der Waals surface area contributed by atoms with Gasteiger partial charge in [0.2, 0.25) is 0 Å². The summed E-state index contributed by atoms with van der Waals surface area (Å²) < 4.78 is 5.32. The second-order valence-electron chi connectivity index (χ2n) is 7.46. The van der Waals surface area contributed by atoms with Crippen LogP contribution in [0.1, 0.15) is 52.9 Å². The van der Waals surface area contributed by atoms with Crippen LogP contribution in [0.3, 0.4) is 0 Å². The van der Waals surface area contributed by atoms with Crippen LogP contribution in [0.5, 0.6) is 0 Å². The molecule has 1 N–H and O–H groups in total. The highest BCUT2D eigenvalue weighted by Gasteiger charge is 2.36. The van der Waals surface area contributed by atoms with Crippen LogP contribution in [0, 0.1) is 17.8 Å². The van der Waals surface area contributed by atoms with Crippen LogP contribution in [-0.4, -0.2) is 50.3 Å². The number of nitrogens with zero attached hydrogens (tertiary/aromatic N) is 1. The Morgan fingerprint density at radius 3 is 2.52 bits per heavy atom. The summed E-state index contributed by atoms with van der Waals surface area (Å²) in [5.41, 5.74) is 0. The summed E-state index contributed by atoms with van der Waals surface area (Å²) in [6, 6.07) is 1.58. The molecule has 0 aliphatic heterocycles. The number of methoxy groups -OCH3 is 1. The Hall–Kier alpha value is -0.120. The molecule has 0 amide bonds. The molecule has 0 spiro atoms. The maximum Gasteiger partial charge on any atom is 0.0589 e. The fraction of sp³-hybridized carbons (Fsp3) is 1.00. The minimum Gasteiger partial charge on any atom is -0.383 e. The highest BCUT2D eigenvalue weighted by atomic mass is 16.5. The summed E-state index contributed by atoms with van der Waals surface area (Å²) in [7, 11) is 1.82. The van der Waals surface area contributed by atoms with Gasteiger partial charge < -0.3 is 10.1 Å². The average Bonchev–Trinajstić information content (AvgIpc) is 3.29. The maximum atomic E-state index is 5.32. The lowest BCUT2D eigenvalue weighted by Gasteiger charge is -2.40. The normalized spacial score (nSPS) is 30.3. The van der Waals surface area contributed by atoms with E-state index in [9.17, 15) is 0 Å². The minimum absolute atomic E-state index is 0.730. The Morgan fingerprint density at radius 2 is 1.95 bits per heavy atom. The van der Waals surface area contributed by atoms with Gasteiger partial charge in [0.25, 0.3) is 0 Å². The van der Waals surface area contributed by atoms with E-state index in [1.807, 2.05) is 7.11 Å². The van der Waals surface area contributed by atoms with Gasteiger partial charge in [0.05, 0.1) is 6.61 Å². The Labute approximate surface area is 131 Å². The van der Waals surface area contributed by atoms with E-state index in [2.05, 4.69) is 31.0 Å². The summed E-state index contributed by atoms with van der Waals surface area (Å²) in [5.74, 6) is 2.58. The molecule has 2 aliphatic rings. The third kappa shape index (κ3) is 5.22. The molecule has 124 valence electrons. The van der Waals surface area contributed by atoms with Gasteiger partial charge in [0.15, 0.2) is 0 Å². The van der Waals surface area contributed by atoms with Gasteiger partial charge >= 0.3 is 0 Å². The van der Waals surface area contributed by atoms with E-state index in [0.717, 1.165) is 49.5 Å². The Bertz CT molecular complexity index is 291. The molecule has 0 heterocycles. The lowest BCUT2D eigenvalue weighted by Crippen LogP contribution is -2.47. The van der Waals surface area contributed by atoms with Crippen molar-refractivity contribution >= 4 is 0 Å². The monoisotopic (exact) mass is 296 g/mol. The van der Waals surface area contributed by atoms with Crippen LogP contribution in [0.4, 0.5) is 0 Å². The molecule has 0 aromatic rings. The van der Waals surface area contributed by atoms with Gasteiger partial charge in [-0.1, -0.05) is 20.8 Å². The molecule has 0 aromatic heterocycles. The van der Waals surface area contributed by atoms with E-state index in [1.165, 1.54) is 38.6 Å². The summed E-state index contributed by atoms with van der Waals surface area (Å²) in [6.45, 7) is 11.4. The second-order valence-corrected chi connectivity index (χ2v) is 7.46. The first kappa shape index (κ1) is 17.2. The van der Waals surface area contributed by atoms with Crippen molar-refractivity contribution in [1.29, 1.82) is 0 Å². The third-order valence-electron chi connectivity index (χ3n) is 5.55. The number of ether oxygens (including phenoxy) is 1. The Balaban J connectivity index is 1.93. The van der Waals surface area contributed by atoms with Crippen LogP contribution in [-0.2, 0) is 4.74 Å². The van der Waals surface area contributed by atoms with Crippen LogP contribution in [0.25, 0.3) is 0 Å². The predicted octanol–water partition coefficient (Wildman–Crippen LogP) is 3.15. The van der Waals surface area contributed by atoms with Gasteiger partial charge in [0, 0.05) is 32.3 Å². The SMILES string of the molecule is CCNC1CCC(C(C)C)CC1CN(CCOC)C1CC1. The maximum absolute atomic E-state index is 5.32. The molecule has 2 saturated carbocycles. The van der Waals surface area contributed by atoms with Crippen molar-refractivity contribution in [2.75, 3.05) is 33.4 Å². The van der Waals surface area contributed by atoms with Crippen molar-refractivity contribution < 1.29 is 4.74 Å². The van der Waals surface area contributed by atoms with Gasteiger partial charge in [-0.15, -0.1) is 0 Å². The predicted molar refractivity (Wildman–Crippen MR) is 89.6 cm³/mol. The fourth-order valence-corrected chi connectivity index (χ4v) is 4.01. The molecule has 21 heavy (non-hydrogen) atoms. The summed E-state index contributed by atoms with van der Waals surface area (Å²) in [5, 5.41) is 3.76. The highest BCUT2D eigenvalue weighted by molar-refractivity contribution is 4.91. The first-order chi connectivity index (χ1) is 10.2. The molecular weight excluding hydrogens is 260 g/mol. The van der Waals surface area contributed by atoms with Crippen molar-refractivity contribution in [2.24, 2.45) is 17.8 Å². The van der Waals surface area contributed by atoms with Crippen LogP contribution in [0.15, 0.2) is 0 Å². The highest BCUT2D eigenvalue weighted by Crippen LogP contribution is 2.36. The Kier molecular flexibility index (Phi) is 6.97. The number of hydrogen-bond donors (Lipinski definition) is 1. The molecule has 0 radical (unpaired) electrons. The van der Waals surface area contributed by atoms with Crippen LogP contribution >= 0.6 is 0 Å². The molecule has 2 aliphatic carbocycles. The molecular formula is C18H36N2O.